The number of rotatable bonds is 4. The molecule has 0 N–H and O–H groups in total. The van der Waals surface area contributed by atoms with Crippen LogP contribution in [0.5, 0.6) is 0 Å². The van der Waals surface area contributed by atoms with Crippen molar-refractivity contribution in [2.24, 2.45) is 0 Å². The van der Waals surface area contributed by atoms with Crippen LogP contribution in [0.1, 0.15) is 0 Å². The lowest BCUT2D eigenvalue weighted by Crippen LogP contribution is -1.92. The van der Waals surface area contributed by atoms with Crippen molar-refractivity contribution in [1.82, 2.24) is 9.97 Å². The van der Waals surface area contributed by atoms with Gasteiger partial charge in [-0.3, -0.25) is 9.97 Å². The van der Waals surface area contributed by atoms with E-state index in [9.17, 15) is 0 Å². The third-order valence-electron chi connectivity index (χ3n) is 9.12. The molecule has 0 fully saturated rings. The van der Waals surface area contributed by atoms with Gasteiger partial charge in [0.05, 0.1) is 11.0 Å². The van der Waals surface area contributed by atoms with E-state index < -0.39 is 0 Å². The van der Waals surface area contributed by atoms with Crippen LogP contribution in [0.25, 0.3) is 87.9 Å². The maximum absolute atomic E-state index is 4.74. The van der Waals surface area contributed by atoms with Gasteiger partial charge in [-0.25, -0.2) is 0 Å². The Bertz CT molecular complexity index is 2570. The molecule has 7 aromatic carbocycles. The number of hydrogen-bond donors (Lipinski definition) is 0. The Labute approximate surface area is 267 Å². The second-order valence-corrected chi connectivity index (χ2v) is 11.8. The van der Waals surface area contributed by atoms with E-state index in [1.807, 2.05) is 24.5 Å². The Hall–Kier alpha value is -6.12. The van der Waals surface area contributed by atoms with Gasteiger partial charge in [0.1, 0.15) is 0 Å². The smallest absolute Gasteiger partial charge is 0.0970 e. The molecule has 0 amide bonds. The molecule has 214 valence electrons. The predicted octanol–water partition coefficient (Wildman–Crippen LogP) is 11.8. The van der Waals surface area contributed by atoms with Crippen LogP contribution in [-0.2, 0) is 0 Å². The molecule has 0 saturated carbocycles. The van der Waals surface area contributed by atoms with Crippen LogP contribution >= 0.6 is 0 Å². The van der Waals surface area contributed by atoms with E-state index in [0.717, 1.165) is 32.9 Å². The van der Waals surface area contributed by atoms with E-state index in [-0.39, 0.29) is 0 Å². The molecular weight excluding hydrogens is 556 g/mol. The summed E-state index contributed by atoms with van der Waals surface area (Å²) in [6, 6.07) is 56.8. The number of nitrogens with zero attached hydrogens (tertiary/aromatic N) is 2. The van der Waals surface area contributed by atoms with Gasteiger partial charge in [0.15, 0.2) is 0 Å². The monoisotopic (exact) mass is 584 g/mol. The summed E-state index contributed by atoms with van der Waals surface area (Å²) in [7, 11) is 0. The van der Waals surface area contributed by atoms with E-state index in [1.54, 1.807) is 0 Å². The first-order valence-electron chi connectivity index (χ1n) is 15.7. The summed E-state index contributed by atoms with van der Waals surface area (Å²) in [5.74, 6) is 0. The molecule has 0 atom stereocenters. The molecule has 0 aliphatic heterocycles. The van der Waals surface area contributed by atoms with Gasteiger partial charge in [0, 0.05) is 23.2 Å². The third-order valence-corrected chi connectivity index (χ3v) is 9.12. The van der Waals surface area contributed by atoms with Gasteiger partial charge in [-0.1, -0.05) is 127 Å². The van der Waals surface area contributed by atoms with Gasteiger partial charge in [-0.2, -0.15) is 0 Å². The molecule has 2 nitrogen and oxygen atoms in total. The van der Waals surface area contributed by atoms with Crippen molar-refractivity contribution in [3.63, 3.8) is 0 Å². The van der Waals surface area contributed by atoms with E-state index >= 15 is 0 Å². The highest BCUT2D eigenvalue weighted by Crippen LogP contribution is 2.45. The number of aromatic nitrogens is 2. The summed E-state index contributed by atoms with van der Waals surface area (Å²) >= 11 is 0. The van der Waals surface area contributed by atoms with Gasteiger partial charge in [0.25, 0.3) is 0 Å². The van der Waals surface area contributed by atoms with Crippen molar-refractivity contribution in [2.75, 3.05) is 0 Å². The Morgan fingerprint density at radius 3 is 1.59 bits per heavy atom. The van der Waals surface area contributed by atoms with Gasteiger partial charge in [-0.05, 0) is 96.4 Å². The van der Waals surface area contributed by atoms with Crippen molar-refractivity contribution in [3.05, 3.63) is 170 Å². The molecule has 0 spiro atoms. The fraction of sp³-hybridized carbons (Fsp3) is 0. The number of pyridine rings is 2. The third kappa shape index (κ3) is 4.27. The molecule has 0 saturated heterocycles. The summed E-state index contributed by atoms with van der Waals surface area (Å²) < 4.78 is 0. The van der Waals surface area contributed by atoms with Crippen LogP contribution in [0.4, 0.5) is 0 Å². The molecule has 0 radical (unpaired) electrons. The van der Waals surface area contributed by atoms with E-state index in [0.29, 0.717) is 0 Å². The quantitative estimate of drug-likeness (QED) is 0.152. The van der Waals surface area contributed by atoms with E-state index in [1.165, 1.54) is 54.9 Å². The average Bonchev–Trinajstić information content (AvgIpc) is 3.14. The first kappa shape index (κ1) is 26.3. The van der Waals surface area contributed by atoms with Gasteiger partial charge < -0.3 is 0 Å². The zero-order chi connectivity index (χ0) is 30.5. The lowest BCUT2D eigenvalue weighted by Gasteiger charge is -2.19. The largest absolute Gasteiger partial charge is 0.254 e. The Kier molecular flexibility index (Phi) is 6.17. The highest BCUT2D eigenvalue weighted by atomic mass is 14.7. The Morgan fingerprint density at radius 2 is 0.848 bits per heavy atom. The first-order valence-corrected chi connectivity index (χ1v) is 15.7. The summed E-state index contributed by atoms with van der Waals surface area (Å²) in [6.07, 6.45) is 3.69. The van der Waals surface area contributed by atoms with E-state index in [4.69, 9.17) is 4.98 Å². The zero-order valence-corrected chi connectivity index (χ0v) is 25.1. The second-order valence-electron chi connectivity index (χ2n) is 11.8. The molecule has 0 aliphatic carbocycles. The molecule has 2 heteroatoms. The average molecular weight is 585 g/mol. The first-order chi connectivity index (χ1) is 22.8. The number of hydrogen-bond acceptors (Lipinski definition) is 2. The summed E-state index contributed by atoms with van der Waals surface area (Å²) in [6.45, 7) is 0. The fourth-order valence-corrected chi connectivity index (χ4v) is 7.07. The van der Waals surface area contributed by atoms with Crippen LogP contribution in [0.2, 0.25) is 0 Å². The van der Waals surface area contributed by atoms with Gasteiger partial charge >= 0.3 is 0 Å². The fourth-order valence-electron chi connectivity index (χ4n) is 7.07. The minimum atomic E-state index is 0.930. The normalized spacial score (nSPS) is 11.5. The van der Waals surface area contributed by atoms with Crippen LogP contribution in [-0.4, -0.2) is 9.97 Å². The van der Waals surface area contributed by atoms with Crippen molar-refractivity contribution < 1.29 is 0 Å². The van der Waals surface area contributed by atoms with Crippen molar-refractivity contribution in [3.8, 4) is 44.5 Å². The maximum Gasteiger partial charge on any atom is 0.0970 e. The minimum absolute atomic E-state index is 0.930. The molecule has 2 heterocycles. The van der Waals surface area contributed by atoms with Crippen LogP contribution in [0, 0.1) is 0 Å². The van der Waals surface area contributed by atoms with Gasteiger partial charge in [-0.15, -0.1) is 0 Å². The maximum atomic E-state index is 4.74. The topological polar surface area (TPSA) is 25.8 Å². The van der Waals surface area contributed by atoms with Crippen molar-refractivity contribution >= 4 is 43.4 Å². The lowest BCUT2D eigenvalue weighted by molar-refractivity contribution is 1.37. The molecule has 0 aliphatic rings. The standard InChI is InChI=1S/C44H28N2/c1-3-12-29(13-4-1)41-35-19-7-8-20-36(35)42(30-14-5-2-6-15-30)40-27-32(22-23-37(40)41)31-16-9-17-33(26-31)39-28-34-18-10-24-45-43(34)44-38(39)21-11-25-46-44/h1-28H. The second kappa shape index (κ2) is 10.8. The number of fused-ring (bicyclic) bond motifs is 5. The molecule has 9 aromatic rings. The molecule has 46 heavy (non-hydrogen) atoms. The predicted molar refractivity (Wildman–Crippen MR) is 194 cm³/mol. The van der Waals surface area contributed by atoms with Crippen LogP contribution in [0.3, 0.4) is 0 Å². The molecule has 0 bridgehead atoms. The molecule has 9 rings (SSSR count). The van der Waals surface area contributed by atoms with Crippen molar-refractivity contribution in [1.29, 1.82) is 0 Å². The minimum Gasteiger partial charge on any atom is -0.254 e. The molecule has 2 aromatic heterocycles. The zero-order valence-electron chi connectivity index (χ0n) is 25.1. The summed E-state index contributed by atoms with van der Waals surface area (Å²) in [5, 5.41) is 7.22. The van der Waals surface area contributed by atoms with E-state index in [2.05, 4.69) is 151 Å². The Morgan fingerprint density at radius 1 is 0.304 bits per heavy atom. The highest BCUT2D eigenvalue weighted by Gasteiger charge is 2.18. The van der Waals surface area contributed by atoms with Crippen molar-refractivity contribution in [2.45, 2.75) is 0 Å². The SMILES string of the molecule is c1ccc(-c2c3ccccc3c(-c3ccccc3)c3cc(-c4cccc(-c5cc6cccnc6c6ncccc56)c4)ccc23)cc1. The van der Waals surface area contributed by atoms with Crippen LogP contribution < -0.4 is 0 Å². The summed E-state index contributed by atoms with van der Waals surface area (Å²) in [4.78, 5) is 9.40. The highest BCUT2D eigenvalue weighted by molar-refractivity contribution is 6.22. The molecular formula is C44H28N2. The Balaban J connectivity index is 1.30. The van der Waals surface area contributed by atoms with Crippen LogP contribution in [0.15, 0.2) is 170 Å². The van der Waals surface area contributed by atoms with Gasteiger partial charge in [0.2, 0.25) is 0 Å². The summed E-state index contributed by atoms with van der Waals surface area (Å²) in [5.41, 5.74) is 11.5. The number of benzene rings is 7. The molecule has 0 unspecified atom stereocenters. The lowest BCUT2D eigenvalue weighted by atomic mass is 9.84.